The average Bonchev–Trinajstić information content (AvgIpc) is 3.12. The highest BCUT2D eigenvalue weighted by molar-refractivity contribution is 7.91. The summed E-state index contributed by atoms with van der Waals surface area (Å²) in [4.78, 5) is 21.9. The minimum Gasteiger partial charge on any atom is -0.357 e. The van der Waals surface area contributed by atoms with E-state index in [9.17, 15) is 13.2 Å². The number of amides is 1. The molecule has 1 atom stereocenters. The van der Waals surface area contributed by atoms with Gasteiger partial charge in [-0.15, -0.1) is 11.3 Å². The molecular formula is C16H27N5O3S2. The predicted molar refractivity (Wildman–Crippen MR) is 104 cm³/mol. The summed E-state index contributed by atoms with van der Waals surface area (Å²) in [5, 5.41) is 10.1. The van der Waals surface area contributed by atoms with Crippen molar-refractivity contribution < 1.29 is 13.2 Å². The van der Waals surface area contributed by atoms with Crippen LogP contribution in [0.2, 0.25) is 0 Å². The molecule has 2 heterocycles. The summed E-state index contributed by atoms with van der Waals surface area (Å²) in [6.07, 6.45) is 3.42. The number of guanidine groups is 1. The second kappa shape index (κ2) is 9.86. The molecule has 0 saturated carbocycles. The van der Waals surface area contributed by atoms with Crippen LogP contribution in [-0.2, 0) is 21.1 Å². The lowest BCUT2D eigenvalue weighted by Gasteiger charge is -2.13. The molecule has 0 spiro atoms. The molecule has 0 radical (unpaired) electrons. The minimum absolute atomic E-state index is 0.0481. The molecule has 26 heavy (non-hydrogen) atoms. The molecule has 1 aromatic heterocycles. The number of hydrogen-bond acceptors (Lipinski definition) is 6. The number of aliphatic imine (C=N–C) groups is 1. The van der Waals surface area contributed by atoms with Crippen molar-refractivity contribution in [2.75, 3.05) is 31.1 Å². The number of hydrogen-bond donors (Lipinski definition) is 3. The van der Waals surface area contributed by atoms with Gasteiger partial charge in [-0.1, -0.05) is 0 Å². The molecule has 0 bridgehead atoms. The van der Waals surface area contributed by atoms with E-state index in [-0.39, 0.29) is 29.9 Å². The van der Waals surface area contributed by atoms with E-state index in [1.165, 1.54) is 4.88 Å². The van der Waals surface area contributed by atoms with Crippen LogP contribution in [0.1, 0.15) is 29.7 Å². The molecule has 0 aliphatic carbocycles. The molecule has 1 aliphatic rings. The van der Waals surface area contributed by atoms with Crippen molar-refractivity contribution in [3.63, 3.8) is 0 Å². The van der Waals surface area contributed by atoms with Gasteiger partial charge in [-0.2, -0.15) is 0 Å². The van der Waals surface area contributed by atoms with Gasteiger partial charge in [0.25, 0.3) is 0 Å². The van der Waals surface area contributed by atoms with E-state index in [0.29, 0.717) is 25.5 Å². The van der Waals surface area contributed by atoms with E-state index in [0.717, 1.165) is 18.0 Å². The first kappa shape index (κ1) is 20.6. The molecule has 1 saturated heterocycles. The maximum Gasteiger partial charge on any atom is 0.222 e. The Kier molecular flexibility index (Phi) is 7.83. The number of rotatable bonds is 8. The fourth-order valence-corrected chi connectivity index (χ4v) is 5.07. The van der Waals surface area contributed by atoms with Crippen LogP contribution in [0.25, 0.3) is 0 Å². The normalized spacial score (nSPS) is 19.3. The minimum atomic E-state index is -2.98. The molecule has 1 amide bonds. The molecule has 1 aliphatic heterocycles. The second-order valence-electron chi connectivity index (χ2n) is 6.22. The third kappa shape index (κ3) is 7.28. The Bertz CT molecular complexity index is 730. The van der Waals surface area contributed by atoms with Crippen LogP contribution in [0.3, 0.4) is 0 Å². The SMILES string of the molecule is CCNC(=NCCc1ncc(C)s1)NCCC(=O)NC1CCS(=O)(=O)C1. The Morgan fingerprint density at radius 1 is 1.42 bits per heavy atom. The molecule has 1 unspecified atom stereocenters. The third-order valence-corrected chi connectivity index (χ3v) is 6.59. The molecule has 0 aromatic carbocycles. The van der Waals surface area contributed by atoms with Gasteiger partial charge in [0, 0.05) is 49.6 Å². The van der Waals surface area contributed by atoms with Gasteiger partial charge in [-0.05, 0) is 20.3 Å². The lowest BCUT2D eigenvalue weighted by atomic mass is 10.2. The number of nitrogens with one attached hydrogen (secondary N) is 3. The van der Waals surface area contributed by atoms with E-state index in [2.05, 4.69) is 25.9 Å². The zero-order valence-electron chi connectivity index (χ0n) is 15.2. The molecule has 146 valence electrons. The van der Waals surface area contributed by atoms with Crippen LogP contribution in [-0.4, -0.2) is 62.5 Å². The first-order valence-corrected chi connectivity index (χ1v) is 11.4. The monoisotopic (exact) mass is 401 g/mol. The Morgan fingerprint density at radius 2 is 2.23 bits per heavy atom. The molecule has 1 aromatic rings. The number of carbonyl (C=O) groups excluding carboxylic acids is 1. The zero-order valence-corrected chi connectivity index (χ0v) is 16.9. The van der Waals surface area contributed by atoms with E-state index < -0.39 is 9.84 Å². The van der Waals surface area contributed by atoms with Crippen LogP contribution in [0, 0.1) is 6.92 Å². The Hall–Kier alpha value is -1.68. The first-order valence-electron chi connectivity index (χ1n) is 8.81. The van der Waals surface area contributed by atoms with E-state index >= 15 is 0 Å². The summed E-state index contributed by atoms with van der Waals surface area (Å²) < 4.78 is 22.8. The van der Waals surface area contributed by atoms with Gasteiger partial charge in [0.1, 0.15) is 0 Å². The maximum atomic E-state index is 11.9. The number of nitrogens with zero attached hydrogens (tertiary/aromatic N) is 2. The number of aryl methyl sites for hydroxylation is 1. The average molecular weight is 402 g/mol. The largest absolute Gasteiger partial charge is 0.357 e. The number of aromatic nitrogens is 1. The number of carbonyl (C=O) groups is 1. The van der Waals surface area contributed by atoms with Crippen LogP contribution in [0.4, 0.5) is 0 Å². The lowest BCUT2D eigenvalue weighted by Crippen LogP contribution is -2.41. The smallest absolute Gasteiger partial charge is 0.222 e. The Balaban J connectivity index is 1.70. The van der Waals surface area contributed by atoms with Crippen molar-refractivity contribution in [3.8, 4) is 0 Å². The fourth-order valence-electron chi connectivity index (χ4n) is 2.63. The van der Waals surface area contributed by atoms with Crippen molar-refractivity contribution in [1.82, 2.24) is 20.9 Å². The van der Waals surface area contributed by atoms with Crippen molar-refractivity contribution in [1.29, 1.82) is 0 Å². The van der Waals surface area contributed by atoms with Gasteiger partial charge in [-0.3, -0.25) is 9.79 Å². The van der Waals surface area contributed by atoms with Crippen LogP contribution in [0.15, 0.2) is 11.2 Å². The van der Waals surface area contributed by atoms with E-state index in [1.54, 1.807) is 11.3 Å². The lowest BCUT2D eigenvalue weighted by molar-refractivity contribution is -0.121. The van der Waals surface area contributed by atoms with Gasteiger partial charge >= 0.3 is 0 Å². The molecule has 10 heteroatoms. The fraction of sp³-hybridized carbons (Fsp3) is 0.688. The molecule has 2 rings (SSSR count). The summed E-state index contributed by atoms with van der Waals surface area (Å²) in [7, 11) is -2.98. The standard InChI is InChI=1S/C16H27N5O3S2/c1-3-17-16(19-8-5-15-20-10-12(2)25-15)18-7-4-14(22)21-13-6-9-26(23,24)11-13/h10,13H,3-9,11H2,1-2H3,(H,21,22)(H2,17,18,19). The summed E-state index contributed by atoms with van der Waals surface area (Å²) in [6.45, 7) is 5.80. The molecule has 8 nitrogen and oxygen atoms in total. The highest BCUT2D eigenvalue weighted by Gasteiger charge is 2.28. The molecular weight excluding hydrogens is 374 g/mol. The highest BCUT2D eigenvalue weighted by atomic mass is 32.2. The van der Waals surface area contributed by atoms with E-state index in [4.69, 9.17) is 0 Å². The summed E-state index contributed by atoms with van der Waals surface area (Å²) in [5.74, 6) is 0.726. The quantitative estimate of drug-likeness (QED) is 0.425. The Labute approximate surface area is 158 Å². The van der Waals surface area contributed by atoms with Crippen LogP contribution in [0.5, 0.6) is 0 Å². The summed E-state index contributed by atoms with van der Waals surface area (Å²) in [5.41, 5.74) is 0. The van der Waals surface area contributed by atoms with Gasteiger partial charge in [0.15, 0.2) is 15.8 Å². The first-order chi connectivity index (χ1) is 12.4. The molecule has 3 N–H and O–H groups in total. The van der Waals surface area contributed by atoms with Gasteiger partial charge in [0.2, 0.25) is 5.91 Å². The molecule has 1 fully saturated rings. The second-order valence-corrected chi connectivity index (χ2v) is 9.77. The third-order valence-electron chi connectivity index (χ3n) is 3.85. The van der Waals surface area contributed by atoms with Gasteiger partial charge < -0.3 is 16.0 Å². The van der Waals surface area contributed by atoms with Gasteiger partial charge in [-0.25, -0.2) is 13.4 Å². The zero-order chi connectivity index (χ0) is 19.0. The highest BCUT2D eigenvalue weighted by Crippen LogP contribution is 2.12. The van der Waals surface area contributed by atoms with Crippen molar-refractivity contribution >= 4 is 33.0 Å². The number of sulfone groups is 1. The number of thiazole rings is 1. The predicted octanol–water partition coefficient (Wildman–Crippen LogP) is 0.243. The van der Waals surface area contributed by atoms with Crippen LogP contribution < -0.4 is 16.0 Å². The Morgan fingerprint density at radius 3 is 2.85 bits per heavy atom. The van der Waals surface area contributed by atoms with Crippen molar-refractivity contribution in [2.45, 2.75) is 39.2 Å². The van der Waals surface area contributed by atoms with Crippen molar-refractivity contribution in [2.24, 2.45) is 4.99 Å². The van der Waals surface area contributed by atoms with E-state index in [1.807, 2.05) is 20.0 Å². The van der Waals surface area contributed by atoms with Gasteiger partial charge in [0.05, 0.1) is 16.5 Å². The van der Waals surface area contributed by atoms with Crippen molar-refractivity contribution in [3.05, 3.63) is 16.1 Å². The van der Waals surface area contributed by atoms with Crippen LogP contribution >= 0.6 is 11.3 Å². The summed E-state index contributed by atoms with van der Waals surface area (Å²) >= 11 is 1.67. The summed E-state index contributed by atoms with van der Waals surface area (Å²) in [6, 6.07) is -0.254. The maximum absolute atomic E-state index is 11.9. The topological polar surface area (TPSA) is 113 Å².